The number of carboxylic acid groups (broad SMARTS) is 1. The van der Waals surface area contributed by atoms with Crippen molar-refractivity contribution in [3.63, 3.8) is 0 Å². The first-order chi connectivity index (χ1) is 13.4. The molecule has 6 nitrogen and oxygen atoms in total. The topological polar surface area (TPSA) is 88.3 Å². The molecule has 28 heavy (non-hydrogen) atoms. The van der Waals surface area contributed by atoms with Crippen molar-refractivity contribution in [1.82, 2.24) is 10.2 Å². The van der Waals surface area contributed by atoms with Crippen molar-refractivity contribution in [2.24, 2.45) is 0 Å². The highest BCUT2D eigenvalue weighted by Crippen LogP contribution is 2.31. The molecule has 1 heterocycles. The van der Waals surface area contributed by atoms with E-state index in [9.17, 15) is 9.90 Å². The summed E-state index contributed by atoms with van der Waals surface area (Å²) in [5.41, 5.74) is 1.29. The molecule has 1 aromatic heterocycles. The van der Waals surface area contributed by atoms with Crippen LogP contribution in [0.2, 0.25) is 5.02 Å². The largest absolute Gasteiger partial charge is 0.544 e. The average Bonchev–Trinajstić information content (AvgIpc) is 3.11. The van der Waals surface area contributed by atoms with Gasteiger partial charge in [0.05, 0.1) is 12.1 Å². The molecule has 0 aliphatic heterocycles. The van der Waals surface area contributed by atoms with Crippen molar-refractivity contribution in [1.29, 1.82) is 0 Å². The number of hydrogen-bond acceptors (Lipinski definition) is 7. The molecule has 8 heteroatoms. The summed E-state index contributed by atoms with van der Waals surface area (Å²) in [5.74, 6) is -0.514. The number of aromatic nitrogens is 2. The minimum atomic E-state index is -1.35. The zero-order valence-corrected chi connectivity index (χ0v) is 16.7. The number of carboxylic acids is 1. The lowest BCUT2D eigenvalue weighted by Gasteiger charge is -2.13. The summed E-state index contributed by atoms with van der Waals surface area (Å²) in [6, 6.07) is 14.0. The smallest absolute Gasteiger partial charge is 0.281 e. The molecule has 0 radical (unpaired) electrons. The van der Waals surface area contributed by atoms with Gasteiger partial charge in [0.25, 0.3) is 5.22 Å². The summed E-state index contributed by atoms with van der Waals surface area (Å²) in [6.07, 6.45) is 1.41. The third-order valence-electron chi connectivity index (χ3n) is 3.46. The van der Waals surface area contributed by atoms with Gasteiger partial charge < -0.3 is 19.1 Å². The SMILES string of the molecule is CC(C)Oc1ccccc1/C=C(\Sc1nnc(-c2ccc(Cl)cc2)o1)C(=O)[O-]. The number of carbonyl (C=O) groups is 1. The van der Waals surface area contributed by atoms with Crippen LogP contribution >= 0.6 is 23.4 Å². The van der Waals surface area contributed by atoms with Crippen LogP contribution in [0.3, 0.4) is 0 Å². The molecule has 3 rings (SSSR count). The second kappa shape index (κ2) is 8.95. The Balaban J connectivity index is 1.86. The standard InChI is InChI=1S/C20H17ClN2O4S/c1-12(2)26-16-6-4-3-5-14(16)11-17(19(24)25)28-20-23-22-18(27-20)13-7-9-15(21)10-8-13/h3-12H,1-2H3,(H,24,25)/p-1/b17-11-. The molecule has 0 saturated carbocycles. The molecule has 0 bridgehead atoms. The summed E-state index contributed by atoms with van der Waals surface area (Å²) >= 11 is 6.68. The van der Waals surface area contributed by atoms with Crippen LogP contribution in [0.25, 0.3) is 17.5 Å². The fourth-order valence-corrected chi connectivity index (χ4v) is 3.07. The van der Waals surface area contributed by atoms with E-state index < -0.39 is 5.97 Å². The summed E-state index contributed by atoms with van der Waals surface area (Å²) in [4.78, 5) is 11.5. The molecular formula is C20H16ClN2O4S-. The normalized spacial score (nSPS) is 11.6. The molecule has 0 atom stereocenters. The van der Waals surface area contributed by atoms with Crippen LogP contribution in [0.1, 0.15) is 19.4 Å². The van der Waals surface area contributed by atoms with Gasteiger partial charge in [0.1, 0.15) is 5.75 Å². The third-order valence-corrected chi connectivity index (χ3v) is 4.56. The lowest BCUT2D eigenvalue weighted by Crippen LogP contribution is -2.23. The number of aliphatic carboxylic acids is 1. The Bertz CT molecular complexity index is 999. The molecular weight excluding hydrogens is 400 g/mol. The first-order valence-electron chi connectivity index (χ1n) is 8.38. The molecule has 3 aromatic rings. The molecule has 0 N–H and O–H groups in total. The monoisotopic (exact) mass is 415 g/mol. The molecule has 2 aromatic carbocycles. The van der Waals surface area contributed by atoms with Crippen molar-refractivity contribution in [2.75, 3.05) is 0 Å². The van der Waals surface area contributed by atoms with Crippen LogP contribution in [0.5, 0.6) is 5.75 Å². The van der Waals surface area contributed by atoms with Crippen molar-refractivity contribution in [3.8, 4) is 17.2 Å². The van der Waals surface area contributed by atoms with Crippen LogP contribution in [-0.4, -0.2) is 22.3 Å². The van der Waals surface area contributed by atoms with Crippen molar-refractivity contribution in [3.05, 3.63) is 64.0 Å². The van der Waals surface area contributed by atoms with Gasteiger partial charge in [-0.15, -0.1) is 10.2 Å². The minimum Gasteiger partial charge on any atom is -0.544 e. The van der Waals surface area contributed by atoms with E-state index in [1.54, 1.807) is 42.5 Å². The van der Waals surface area contributed by atoms with Crippen molar-refractivity contribution < 1.29 is 19.1 Å². The van der Waals surface area contributed by atoms with E-state index >= 15 is 0 Å². The van der Waals surface area contributed by atoms with Gasteiger partial charge in [-0.3, -0.25) is 0 Å². The summed E-state index contributed by atoms with van der Waals surface area (Å²) < 4.78 is 11.3. The van der Waals surface area contributed by atoms with Gasteiger partial charge in [0.2, 0.25) is 5.89 Å². The number of ether oxygens (including phenoxy) is 1. The van der Waals surface area contributed by atoms with Crippen LogP contribution < -0.4 is 9.84 Å². The number of hydrogen-bond donors (Lipinski definition) is 0. The van der Waals surface area contributed by atoms with E-state index in [1.165, 1.54) is 6.08 Å². The van der Waals surface area contributed by atoms with E-state index in [1.807, 2.05) is 19.9 Å². The highest BCUT2D eigenvalue weighted by molar-refractivity contribution is 8.03. The van der Waals surface area contributed by atoms with Gasteiger partial charge in [-0.2, -0.15) is 0 Å². The van der Waals surface area contributed by atoms with Gasteiger partial charge >= 0.3 is 0 Å². The summed E-state index contributed by atoms with van der Waals surface area (Å²) in [5, 5.41) is 20.1. The molecule has 0 spiro atoms. The maximum Gasteiger partial charge on any atom is 0.281 e. The Hall–Kier alpha value is -2.77. The van der Waals surface area contributed by atoms with Crippen LogP contribution in [-0.2, 0) is 4.79 Å². The molecule has 0 unspecified atom stereocenters. The number of carbonyl (C=O) groups excluding carboxylic acids is 1. The zero-order valence-electron chi connectivity index (χ0n) is 15.1. The number of rotatable bonds is 7. The second-order valence-corrected chi connectivity index (χ2v) is 7.41. The third kappa shape index (κ3) is 5.15. The number of halogens is 1. The predicted octanol–water partition coefficient (Wildman–Crippen LogP) is 4.06. The number of nitrogens with zero attached hydrogens (tertiary/aromatic N) is 2. The van der Waals surface area contributed by atoms with E-state index in [0.717, 1.165) is 11.8 Å². The average molecular weight is 416 g/mol. The van der Waals surface area contributed by atoms with E-state index in [-0.39, 0.29) is 22.1 Å². The number of thioether (sulfide) groups is 1. The van der Waals surface area contributed by atoms with E-state index in [2.05, 4.69) is 10.2 Å². The van der Waals surface area contributed by atoms with E-state index in [4.69, 9.17) is 20.8 Å². The first-order valence-corrected chi connectivity index (χ1v) is 9.58. The summed E-state index contributed by atoms with van der Waals surface area (Å²) in [7, 11) is 0. The maximum atomic E-state index is 11.6. The molecule has 0 fully saturated rings. The van der Waals surface area contributed by atoms with Crippen LogP contribution in [0.4, 0.5) is 0 Å². The van der Waals surface area contributed by atoms with Crippen molar-refractivity contribution in [2.45, 2.75) is 25.2 Å². The fourth-order valence-electron chi connectivity index (χ4n) is 2.29. The van der Waals surface area contributed by atoms with Crippen LogP contribution in [0, 0.1) is 0 Å². The Morgan fingerprint density at radius 2 is 1.89 bits per heavy atom. The second-order valence-electron chi connectivity index (χ2n) is 5.98. The van der Waals surface area contributed by atoms with Crippen LogP contribution in [0.15, 0.2) is 63.1 Å². The van der Waals surface area contributed by atoms with Gasteiger partial charge in [0, 0.05) is 21.1 Å². The zero-order chi connectivity index (χ0) is 20.1. The number of benzene rings is 2. The highest BCUT2D eigenvalue weighted by atomic mass is 35.5. The molecule has 0 saturated heterocycles. The first kappa shape index (κ1) is 20.0. The van der Waals surface area contributed by atoms with Gasteiger partial charge in [-0.05, 0) is 62.0 Å². The lowest BCUT2D eigenvalue weighted by molar-refractivity contribution is -0.298. The van der Waals surface area contributed by atoms with E-state index in [0.29, 0.717) is 21.9 Å². The highest BCUT2D eigenvalue weighted by Gasteiger charge is 2.13. The Morgan fingerprint density at radius 3 is 2.57 bits per heavy atom. The molecule has 0 aliphatic rings. The lowest BCUT2D eigenvalue weighted by atomic mass is 10.2. The Labute approximate surface area is 171 Å². The molecule has 144 valence electrons. The quantitative estimate of drug-likeness (QED) is 0.424. The number of para-hydroxylation sites is 1. The molecule has 0 amide bonds. The van der Waals surface area contributed by atoms with Gasteiger partial charge in [-0.25, -0.2) is 0 Å². The predicted molar refractivity (Wildman–Crippen MR) is 106 cm³/mol. The summed E-state index contributed by atoms with van der Waals surface area (Å²) in [6.45, 7) is 3.79. The Morgan fingerprint density at radius 1 is 1.18 bits per heavy atom. The van der Waals surface area contributed by atoms with Crippen molar-refractivity contribution >= 4 is 35.4 Å². The van der Waals surface area contributed by atoms with Gasteiger partial charge in [0.15, 0.2) is 0 Å². The fraction of sp³-hybridized carbons (Fsp3) is 0.150. The molecule has 0 aliphatic carbocycles. The Kier molecular flexibility index (Phi) is 6.38. The maximum absolute atomic E-state index is 11.6. The van der Waals surface area contributed by atoms with Gasteiger partial charge in [-0.1, -0.05) is 29.8 Å². The minimum absolute atomic E-state index is 0.0496.